The van der Waals surface area contributed by atoms with Gasteiger partial charge in [-0.15, -0.1) is 0 Å². The van der Waals surface area contributed by atoms with Crippen LogP contribution in [0.4, 0.5) is 0 Å². The topological polar surface area (TPSA) is 42.4 Å². The summed E-state index contributed by atoms with van der Waals surface area (Å²) < 4.78 is 5.65. The van der Waals surface area contributed by atoms with Crippen molar-refractivity contribution in [2.24, 2.45) is 5.92 Å². The number of hydrogen-bond donors (Lipinski definition) is 0. The average molecular weight is 429 g/mol. The molecule has 166 valence electrons. The molecule has 0 N–H and O–H groups in total. The molecule has 4 nitrogen and oxygen atoms in total. The number of nitrogens with zero attached hydrogens (tertiary/aromatic N) is 2. The lowest BCUT2D eigenvalue weighted by Gasteiger charge is -2.40. The molecule has 0 bridgehead atoms. The van der Waals surface area contributed by atoms with Gasteiger partial charge in [-0.1, -0.05) is 54.6 Å². The van der Waals surface area contributed by atoms with E-state index in [1.807, 2.05) is 18.3 Å². The summed E-state index contributed by atoms with van der Waals surface area (Å²) >= 11 is 0. The number of amides is 1. The van der Waals surface area contributed by atoms with Crippen LogP contribution in [0.25, 0.3) is 10.9 Å². The Hall–Kier alpha value is -2.72. The lowest BCUT2D eigenvalue weighted by atomic mass is 9.73. The summed E-state index contributed by atoms with van der Waals surface area (Å²) in [5, 5.41) is 1.21. The number of pyridine rings is 1. The summed E-state index contributed by atoms with van der Waals surface area (Å²) in [4.78, 5) is 20.7. The molecule has 3 heterocycles. The van der Waals surface area contributed by atoms with Crippen molar-refractivity contribution < 1.29 is 9.53 Å². The Kier molecular flexibility index (Phi) is 6.22. The van der Waals surface area contributed by atoms with Gasteiger partial charge in [-0.05, 0) is 61.6 Å². The van der Waals surface area contributed by atoms with Crippen molar-refractivity contribution in [3.05, 3.63) is 78.0 Å². The minimum atomic E-state index is -0.432. The number of likely N-dealkylation sites (tertiary alicyclic amines) is 1. The number of carbonyl (C=O) groups is 1. The van der Waals surface area contributed by atoms with Gasteiger partial charge < -0.3 is 9.64 Å². The van der Waals surface area contributed by atoms with E-state index in [1.165, 1.54) is 10.9 Å². The second-order valence-corrected chi connectivity index (χ2v) is 9.35. The Bertz CT molecular complexity index is 1050. The van der Waals surface area contributed by atoms with Crippen molar-refractivity contribution in [2.75, 3.05) is 26.3 Å². The third-order valence-corrected chi connectivity index (χ3v) is 7.44. The quantitative estimate of drug-likeness (QED) is 0.577. The third-order valence-electron chi connectivity index (χ3n) is 7.44. The van der Waals surface area contributed by atoms with E-state index in [4.69, 9.17) is 4.74 Å². The number of hydrogen-bond acceptors (Lipinski definition) is 3. The molecular formula is C28H32N2O2. The molecule has 1 amide bonds. The lowest BCUT2D eigenvalue weighted by molar-refractivity contribution is -0.141. The zero-order valence-electron chi connectivity index (χ0n) is 18.7. The van der Waals surface area contributed by atoms with Gasteiger partial charge in [0.15, 0.2) is 0 Å². The highest BCUT2D eigenvalue weighted by molar-refractivity contribution is 5.88. The number of carbonyl (C=O) groups excluding carboxylic acids is 1. The van der Waals surface area contributed by atoms with Crippen LogP contribution >= 0.6 is 0 Å². The first kappa shape index (κ1) is 21.1. The SMILES string of the molecule is O=C(N1CCC[C@H](Cc2cccc3cccnc23)CC1)C1(c2ccccc2)CCOCC1. The summed E-state index contributed by atoms with van der Waals surface area (Å²) in [5.74, 6) is 0.891. The maximum atomic E-state index is 13.9. The molecule has 2 aliphatic heterocycles. The van der Waals surface area contributed by atoms with Gasteiger partial charge in [0.2, 0.25) is 5.91 Å². The average Bonchev–Trinajstić information content (AvgIpc) is 3.10. The van der Waals surface area contributed by atoms with E-state index in [0.717, 1.165) is 62.7 Å². The van der Waals surface area contributed by atoms with Crippen molar-refractivity contribution in [1.82, 2.24) is 9.88 Å². The molecular weight excluding hydrogens is 396 g/mol. The van der Waals surface area contributed by atoms with Crippen molar-refractivity contribution in [2.45, 2.75) is 43.9 Å². The Morgan fingerprint density at radius 2 is 1.78 bits per heavy atom. The van der Waals surface area contributed by atoms with Crippen LogP contribution in [0.2, 0.25) is 0 Å². The molecule has 0 spiro atoms. The molecule has 0 radical (unpaired) electrons. The minimum absolute atomic E-state index is 0.305. The van der Waals surface area contributed by atoms with Gasteiger partial charge >= 0.3 is 0 Å². The molecule has 0 saturated carbocycles. The molecule has 0 unspecified atom stereocenters. The van der Waals surface area contributed by atoms with E-state index in [-0.39, 0.29) is 0 Å². The maximum absolute atomic E-state index is 13.9. The second kappa shape index (κ2) is 9.41. The molecule has 1 aromatic heterocycles. The summed E-state index contributed by atoms with van der Waals surface area (Å²) in [5.41, 5.74) is 3.17. The molecule has 2 aliphatic rings. The van der Waals surface area contributed by atoms with Crippen LogP contribution in [0.5, 0.6) is 0 Å². The smallest absolute Gasteiger partial charge is 0.233 e. The molecule has 3 aromatic rings. The van der Waals surface area contributed by atoms with Crippen molar-refractivity contribution >= 4 is 16.8 Å². The molecule has 32 heavy (non-hydrogen) atoms. The maximum Gasteiger partial charge on any atom is 0.233 e. The van der Waals surface area contributed by atoms with E-state index in [0.29, 0.717) is 25.0 Å². The van der Waals surface area contributed by atoms with Crippen molar-refractivity contribution in [3.63, 3.8) is 0 Å². The largest absolute Gasteiger partial charge is 0.381 e. The summed E-state index contributed by atoms with van der Waals surface area (Å²) in [6, 6.07) is 21.0. The van der Waals surface area contributed by atoms with E-state index >= 15 is 0 Å². The molecule has 2 aromatic carbocycles. The van der Waals surface area contributed by atoms with Crippen LogP contribution in [-0.4, -0.2) is 42.1 Å². The number of aromatic nitrogens is 1. The van der Waals surface area contributed by atoms with Gasteiger partial charge in [0, 0.05) is 37.9 Å². The molecule has 0 aliphatic carbocycles. The Morgan fingerprint density at radius 1 is 0.969 bits per heavy atom. The summed E-state index contributed by atoms with van der Waals surface area (Å²) in [6.45, 7) is 3.02. The zero-order valence-corrected chi connectivity index (χ0v) is 18.7. The predicted molar refractivity (Wildman–Crippen MR) is 128 cm³/mol. The molecule has 4 heteroatoms. The molecule has 2 saturated heterocycles. The van der Waals surface area contributed by atoms with Gasteiger partial charge in [-0.3, -0.25) is 9.78 Å². The lowest BCUT2D eigenvalue weighted by Crippen LogP contribution is -2.50. The third kappa shape index (κ3) is 4.16. The zero-order chi connectivity index (χ0) is 21.8. The fourth-order valence-corrected chi connectivity index (χ4v) is 5.62. The Balaban J connectivity index is 1.32. The normalized spacial score (nSPS) is 21.2. The molecule has 2 fully saturated rings. The fourth-order valence-electron chi connectivity index (χ4n) is 5.62. The number of ether oxygens (including phenoxy) is 1. The highest BCUT2D eigenvalue weighted by Gasteiger charge is 2.44. The van der Waals surface area contributed by atoms with Crippen LogP contribution in [-0.2, 0) is 21.4 Å². The first-order chi connectivity index (χ1) is 15.8. The Morgan fingerprint density at radius 3 is 2.62 bits per heavy atom. The van der Waals surface area contributed by atoms with E-state index in [2.05, 4.69) is 58.4 Å². The van der Waals surface area contributed by atoms with Crippen molar-refractivity contribution in [3.8, 4) is 0 Å². The highest BCUT2D eigenvalue weighted by atomic mass is 16.5. The van der Waals surface area contributed by atoms with Gasteiger partial charge in [0.05, 0.1) is 10.9 Å². The Labute approximate surface area is 190 Å². The van der Waals surface area contributed by atoms with Gasteiger partial charge in [-0.25, -0.2) is 0 Å². The number of rotatable bonds is 4. The highest BCUT2D eigenvalue weighted by Crippen LogP contribution is 2.38. The van der Waals surface area contributed by atoms with Gasteiger partial charge in [0.1, 0.15) is 0 Å². The first-order valence-electron chi connectivity index (χ1n) is 12.0. The monoisotopic (exact) mass is 428 g/mol. The molecule has 5 rings (SSSR count). The summed E-state index contributed by atoms with van der Waals surface area (Å²) in [7, 11) is 0. The van der Waals surface area contributed by atoms with E-state index in [9.17, 15) is 4.79 Å². The van der Waals surface area contributed by atoms with Crippen LogP contribution in [0.3, 0.4) is 0 Å². The number of fused-ring (bicyclic) bond motifs is 1. The van der Waals surface area contributed by atoms with Crippen LogP contribution in [0, 0.1) is 5.92 Å². The van der Waals surface area contributed by atoms with Crippen LogP contribution in [0.15, 0.2) is 66.9 Å². The van der Waals surface area contributed by atoms with Crippen LogP contribution < -0.4 is 0 Å². The minimum Gasteiger partial charge on any atom is -0.381 e. The van der Waals surface area contributed by atoms with Gasteiger partial charge in [0.25, 0.3) is 0 Å². The summed E-state index contributed by atoms with van der Waals surface area (Å²) in [6.07, 6.45) is 7.75. The molecule has 1 atom stereocenters. The standard InChI is InChI=1S/C28H32N2O2/c31-27(28(14-19-32-20-15-28)25-11-2-1-3-12-25)30-17-6-7-22(13-18-30)21-24-9-4-8-23-10-5-16-29-26(23)24/h1-5,8-12,16,22H,6-7,13-15,17-21H2/t22-/m0/s1. The number of benzene rings is 2. The first-order valence-corrected chi connectivity index (χ1v) is 12.0. The second-order valence-electron chi connectivity index (χ2n) is 9.35. The van der Waals surface area contributed by atoms with E-state index < -0.39 is 5.41 Å². The number of para-hydroxylation sites is 1. The van der Waals surface area contributed by atoms with E-state index in [1.54, 1.807) is 0 Å². The van der Waals surface area contributed by atoms with Crippen molar-refractivity contribution in [1.29, 1.82) is 0 Å². The predicted octanol–water partition coefficient (Wildman–Crippen LogP) is 5.15. The fraction of sp³-hybridized carbons (Fsp3) is 0.429. The van der Waals surface area contributed by atoms with Gasteiger partial charge in [-0.2, -0.15) is 0 Å². The van der Waals surface area contributed by atoms with Crippen LogP contribution in [0.1, 0.15) is 43.2 Å².